The third kappa shape index (κ3) is 2.19. The number of fused-ring (bicyclic) bond motifs is 1. The van der Waals surface area contributed by atoms with Crippen molar-refractivity contribution in [1.29, 1.82) is 0 Å². The van der Waals surface area contributed by atoms with Crippen molar-refractivity contribution in [3.05, 3.63) is 10.2 Å². The first kappa shape index (κ1) is 10.6. The minimum Gasteiger partial charge on any atom is -0.366 e. The van der Waals surface area contributed by atoms with E-state index >= 15 is 0 Å². The maximum absolute atomic E-state index is 4.25. The molecule has 2 rings (SSSR count). The Balaban J connectivity index is 2.41. The van der Waals surface area contributed by atoms with Crippen molar-refractivity contribution in [2.75, 3.05) is 5.32 Å². The second kappa shape index (κ2) is 4.30. The summed E-state index contributed by atoms with van der Waals surface area (Å²) in [6.45, 7) is 4.25. The van der Waals surface area contributed by atoms with E-state index in [4.69, 9.17) is 0 Å². The fourth-order valence-corrected chi connectivity index (χ4v) is 1.74. The Kier molecular flexibility index (Phi) is 3.03. The van der Waals surface area contributed by atoms with E-state index in [1.54, 1.807) is 0 Å². The van der Waals surface area contributed by atoms with Crippen molar-refractivity contribution >= 4 is 39.6 Å². The predicted octanol–water partition coefficient (Wildman–Crippen LogP) is 2.17. The largest absolute Gasteiger partial charge is 0.366 e. The summed E-state index contributed by atoms with van der Waals surface area (Å²) in [6.07, 6.45) is 2.58. The van der Waals surface area contributed by atoms with Crippen LogP contribution in [0.3, 0.4) is 0 Å². The van der Waals surface area contributed by atoms with Crippen LogP contribution in [0.15, 0.2) is 6.33 Å². The summed E-state index contributed by atoms with van der Waals surface area (Å²) < 4.78 is 0.829. The highest BCUT2D eigenvalue weighted by Crippen LogP contribution is 2.18. The molecule has 0 amide bonds. The molecule has 2 heterocycles. The van der Waals surface area contributed by atoms with Crippen LogP contribution >= 0.6 is 22.6 Å². The molecule has 0 saturated heterocycles. The van der Waals surface area contributed by atoms with Gasteiger partial charge in [0.1, 0.15) is 11.8 Å². The van der Waals surface area contributed by atoms with Crippen LogP contribution in [-0.2, 0) is 0 Å². The lowest BCUT2D eigenvalue weighted by Gasteiger charge is -2.11. The van der Waals surface area contributed by atoms with Crippen molar-refractivity contribution in [3.8, 4) is 0 Å². The Bertz CT molecular complexity index is 466. The molecule has 2 aromatic rings. The first-order valence-electron chi connectivity index (χ1n) is 4.83. The van der Waals surface area contributed by atoms with Crippen molar-refractivity contribution in [3.63, 3.8) is 0 Å². The highest BCUT2D eigenvalue weighted by atomic mass is 127. The molecule has 1 atom stereocenters. The van der Waals surface area contributed by atoms with Crippen molar-refractivity contribution in [2.45, 2.75) is 26.3 Å². The molecule has 0 bridgehead atoms. The van der Waals surface area contributed by atoms with Crippen molar-refractivity contribution in [2.24, 2.45) is 0 Å². The van der Waals surface area contributed by atoms with E-state index in [1.807, 2.05) is 0 Å². The average Bonchev–Trinajstić information content (AvgIpc) is 2.59. The van der Waals surface area contributed by atoms with Gasteiger partial charge in [0, 0.05) is 6.04 Å². The SMILES string of the molecule is CC[C@H](C)Nc1ncnc2nc(I)[nH]c12. The number of nitrogens with zero attached hydrogens (tertiary/aromatic N) is 3. The van der Waals surface area contributed by atoms with E-state index in [2.05, 4.69) is 61.7 Å². The third-order valence-electron chi connectivity index (χ3n) is 2.25. The van der Waals surface area contributed by atoms with Crippen LogP contribution in [0.1, 0.15) is 20.3 Å². The van der Waals surface area contributed by atoms with E-state index in [1.165, 1.54) is 6.33 Å². The Labute approximate surface area is 101 Å². The van der Waals surface area contributed by atoms with E-state index in [-0.39, 0.29) is 0 Å². The van der Waals surface area contributed by atoms with Gasteiger partial charge in [-0.1, -0.05) is 6.92 Å². The van der Waals surface area contributed by atoms with Crippen LogP contribution in [0, 0.1) is 3.83 Å². The minimum atomic E-state index is 0.393. The highest BCUT2D eigenvalue weighted by Gasteiger charge is 2.09. The van der Waals surface area contributed by atoms with E-state index < -0.39 is 0 Å². The molecule has 0 saturated carbocycles. The fourth-order valence-electron chi connectivity index (χ4n) is 1.25. The topological polar surface area (TPSA) is 66.5 Å². The number of anilines is 1. The molecule has 0 unspecified atom stereocenters. The van der Waals surface area contributed by atoms with Gasteiger partial charge in [-0.15, -0.1) is 0 Å². The second-order valence-electron chi connectivity index (χ2n) is 3.40. The maximum Gasteiger partial charge on any atom is 0.183 e. The van der Waals surface area contributed by atoms with Crippen LogP contribution < -0.4 is 5.32 Å². The molecule has 0 aliphatic rings. The molecule has 6 heteroatoms. The highest BCUT2D eigenvalue weighted by molar-refractivity contribution is 14.1. The van der Waals surface area contributed by atoms with E-state index in [9.17, 15) is 0 Å². The number of hydrogen-bond donors (Lipinski definition) is 2. The summed E-state index contributed by atoms with van der Waals surface area (Å²) in [5, 5.41) is 3.32. The van der Waals surface area contributed by atoms with Crippen LogP contribution in [-0.4, -0.2) is 26.0 Å². The number of rotatable bonds is 3. The molecular weight excluding hydrogens is 305 g/mol. The third-order valence-corrected chi connectivity index (χ3v) is 2.77. The van der Waals surface area contributed by atoms with Gasteiger partial charge in [0.05, 0.1) is 0 Å². The average molecular weight is 317 g/mol. The Hall–Kier alpha value is -0.920. The first-order valence-corrected chi connectivity index (χ1v) is 5.91. The van der Waals surface area contributed by atoms with Crippen LogP contribution in [0.2, 0.25) is 0 Å². The van der Waals surface area contributed by atoms with E-state index in [0.717, 1.165) is 21.6 Å². The molecule has 15 heavy (non-hydrogen) atoms. The second-order valence-corrected chi connectivity index (χ2v) is 4.42. The summed E-state index contributed by atoms with van der Waals surface area (Å²) in [6, 6.07) is 0.393. The van der Waals surface area contributed by atoms with Gasteiger partial charge in [0.25, 0.3) is 0 Å². The van der Waals surface area contributed by atoms with Crippen molar-refractivity contribution in [1.82, 2.24) is 19.9 Å². The summed E-state index contributed by atoms with van der Waals surface area (Å²) in [5.74, 6) is 0.824. The predicted molar refractivity (Wildman–Crippen MR) is 67.8 cm³/mol. The number of aromatic amines is 1. The number of H-pyrrole nitrogens is 1. The van der Waals surface area contributed by atoms with Crippen molar-refractivity contribution < 1.29 is 0 Å². The molecule has 2 N–H and O–H groups in total. The Morgan fingerprint density at radius 3 is 3.07 bits per heavy atom. The van der Waals surface area contributed by atoms with Gasteiger partial charge in [-0.3, -0.25) is 0 Å². The summed E-state index contributed by atoms with van der Waals surface area (Å²) in [4.78, 5) is 15.7. The number of aromatic nitrogens is 4. The van der Waals surface area contributed by atoms with Gasteiger partial charge >= 0.3 is 0 Å². The summed E-state index contributed by atoms with van der Waals surface area (Å²) >= 11 is 2.13. The minimum absolute atomic E-state index is 0.393. The summed E-state index contributed by atoms with van der Waals surface area (Å²) in [5.41, 5.74) is 1.59. The Morgan fingerprint density at radius 2 is 2.33 bits per heavy atom. The molecule has 0 aliphatic heterocycles. The number of nitrogens with one attached hydrogen (secondary N) is 2. The lowest BCUT2D eigenvalue weighted by Crippen LogP contribution is -2.14. The maximum atomic E-state index is 4.25. The van der Waals surface area contributed by atoms with Gasteiger partial charge < -0.3 is 10.3 Å². The number of hydrogen-bond acceptors (Lipinski definition) is 4. The monoisotopic (exact) mass is 317 g/mol. The lowest BCUT2D eigenvalue weighted by molar-refractivity contribution is 0.760. The molecule has 0 aromatic carbocycles. The molecule has 5 nitrogen and oxygen atoms in total. The zero-order valence-corrected chi connectivity index (χ0v) is 10.7. The zero-order valence-electron chi connectivity index (χ0n) is 8.58. The van der Waals surface area contributed by atoms with Gasteiger partial charge in [-0.2, -0.15) is 0 Å². The van der Waals surface area contributed by atoms with Gasteiger partial charge in [-0.05, 0) is 35.9 Å². The van der Waals surface area contributed by atoms with E-state index in [0.29, 0.717) is 11.7 Å². The molecule has 0 spiro atoms. The quantitative estimate of drug-likeness (QED) is 0.672. The lowest BCUT2D eigenvalue weighted by atomic mass is 10.2. The summed E-state index contributed by atoms with van der Waals surface area (Å²) in [7, 11) is 0. The number of halogens is 1. The smallest absolute Gasteiger partial charge is 0.183 e. The molecule has 2 aromatic heterocycles. The normalized spacial score (nSPS) is 13.0. The van der Waals surface area contributed by atoms with Crippen LogP contribution in [0.4, 0.5) is 5.82 Å². The molecule has 0 radical (unpaired) electrons. The molecule has 80 valence electrons. The van der Waals surface area contributed by atoms with Gasteiger partial charge in [-0.25, -0.2) is 15.0 Å². The molecule has 0 fully saturated rings. The van der Waals surface area contributed by atoms with Gasteiger partial charge in [0.15, 0.2) is 15.3 Å². The molecule has 0 aliphatic carbocycles. The molecular formula is C9H12IN5. The standard InChI is InChI=1S/C9H12IN5/c1-3-5(2)13-7-6-8(12-4-11-7)15-9(10)14-6/h4-5H,3H2,1-2H3,(H2,11,12,13,14,15)/t5-/m0/s1. The zero-order chi connectivity index (χ0) is 10.8. The number of imidazole rings is 1. The van der Waals surface area contributed by atoms with Crippen LogP contribution in [0.25, 0.3) is 11.2 Å². The first-order chi connectivity index (χ1) is 7.20. The Morgan fingerprint density at radius 1 is 1.53 bits per heavy atom. The fraction of sp³-hybridized carbons (Fsp3) is 0.444. The van der Waals surface area contributed by atoms with Gasteiger partial charge in [0.2, 0.25) is 0 Å². The van der Waals surface area contributed by atoms with Crippen LogP contribution in [0.5, 0.6) is 0 Å².